The van der Waals surface area contributed by atoms with Crippen LogP contribution in [0, 0.1) is 0 Å². The average molecular weight is 237 g/mol. The molecular weight excluding hydrogens is 226 g/mol. The lowest BCUT2D eigenvalue weighted by atomic mass is 10.1. The van der Waals surface area contributed by atoms with E-state index in [0.29, 0.717) is 0 Å². The van der Waals surface area contributed by atoms with E-state index in [1.807, 2.05) is 0 Å². The summed E-state index contributed by atoms with van der Waals surface area (Å²) in [4.78, 5) is 35.4. The first-order chi connectivity index (χ1) is 7.90. The van der Waals surface area contributed by atoms with Gasteiger partial charge in [-0.1, -0.05) is 0 Å². The van der Waals surface area contributed by atoms with Gasteiger partial charge in [-0.25, -0.2) is 9.78 Å². The summed E-state index contributed by atoms with van der Waals surface area (Å²) < 4.78 is 0. The minimum Gasteiger partial charge on any atom is -0.480 e. The van der Waals surface area contributed by atoms with Gasteiger partial charge in [-0.3, -0.25) is 9.78 Å². The number of rotatable bonds is 3. The van der Waals surface area contributed by atoms with Crippen molar-refractivity contribution in [3.63, 3.8) is 0 Å². The Bertz CT molecular complexity index is 627. The topological polar surface area (TPSA) is 124 Å². The average Bonchev–Trinajstić information content (AvgIpc) is 2.64. The number of aromatic nitrogens is 4. The van der Waals surface area contributed by atoms with Crippen LogP contribution in [0.3, 0.4) is 0 Å². The molecule has 0 radical (unpaired) electrons. The summed E-state index contributed by atoms with van der Waals surface area (Å²) in [7, 11) is 0. The van der Waals surface area contributed by atoms with Crippen LogP contribution in [0.4, 0.5) is 5.95 Å². The van der Waals surface area contributed by atoms with Crippen LogP contribution in [-0.2, 0) is 4.79 Å². The van der Waals surface area contributed by atoms with E-state index in [0.717, 1.165) is 0 Å². The molecule has 0 unspecified atom stereocenters. The molecule has 0 saturated carbocycles. The highest BCUT2D eigenvalue weighted by molar-refractivity contribution is 5.81. The van der Waals surface area contributed by atoms with Crippen molar-refractivity contribution in [2.24, 2.45) is 0 Å². The third kappa shape index (κ3) is 1.96. The molecule has 90 valence electrons. The van der Waals surface area contributed by atoms with Crippen molar-refractivity contribution in [1.29, 1.82) is 0 Å². The van der Waals surface area contributed by atoms with Gasteiger partial charge in [-0.2, -0.15) is 4.98 Å². The highest BCUT2D eigenvalue weighted by atomic mass is 16.4. The van der Waals surface area contributed by atoms with Crippen molar-refractivity contribution in [1.82, 2.24) is 19.9 Å². The Hall–Kier alpha value is -2.38. The molecule has 0 atom stereocenters. The molecule has 0 saturated heterocycles. The van der Waals surface area contributed by atoms with E-state index >= 15 is 0 Å². The molecule has 2 rings (SSSR count). The molecule has 0 spiro atoms. The van der Waals surface area contributed by atoms with Gasteiger partial charge in [-0.05, 0) is 13.8 Å². The third-order valence-corrected chi connectivity index (χ3v) is 2.26. The third-order valence-electron chi connectivity index (χ3n) is 2.26. The lowest BCUT2D eigenvalue weighted by molar-refractivity contribution is -0.141. The van der Waals surface area contributed by atoms with E-state index in [1.54, 1.807) is 0 Å². The van der Waals surface area contributed by atoms with E-state index in [1.165, 1.54) is 20.2 Å². The lowest BCUT2D eigenvalue weighted by Gasteiger charge is -2.20. The summed E-state index contributed by atoms with van der Waals surface area (Å²) in [6.07, 6.45) is 1.35. The Morgan fingerprint density at radius 1 is 1.53 bits per heavy atom. The first-order valence-electron chi connectivity index (χ1n) is 4.85. The second-order valence-corrected chi connectivity index (χ2v) is 4.07. The van der Waals surface area contributed by atoms with Crippen molar-refractivity contribution in [2.75, 3.05) is 5.32 Å². The molecule has 8 heteroatoms. The normalized spacial score (nSPS) is 11.6. The molecule has 0 aliphatic rings. The molecule has 4 N–H and O–H groups in total. The molecule has 0 aromatic carbocycles. The monoisotopic (exact) mass is 237 g/mol. The molecule has 0 amide bonds. The number of hydrogen-bond donors (Lipinski definition) is 4. The molecule has 2 heterocycles. The van der Waals surface area contributed by atoms with Crippen LogP contribution in [0.2, 0.25) is 0 Å². The van der Waals surface area contributed by atoms with Gasteiger partial charge in [0.25, 0.3) is 5.56 Å². The van der Waals surface area contributed by atoms with Crippen LogP contribution in [0.5, 0.6) is 0 Å². The second kappa shape index (κ2) is 3.58. The molecule has 0 bridgehead atoms. The van der Waals surface area contributed by atoms with Crippen molar-refractivity contribution < 1.29 is 9.90 Å². The zero-order chi connectivity index (χ0) is 12.6. The minimum absolute atomic E-state index is 0.0713. The number of carboxylic acids is 1. The fraction of sp³-hybridized carbons (Fsp3) is 0.333. The Kier molecular flexibility index (Phi) is 2.34. The van der Waals surface area contributed by atoms with E-state index in [9.17, 15) is 9.59 Å². The molecular formula is C9H11N5O3. The van der Waals surface area contributed by atoms with E-state index < -0.39 is 17.1 Å². The zero-order valence-electron chi connectivity index (χ0n) is 9.24. The molecule has 2 aromatic rings. The number of nitrogens with zero attached hydrogens (tertiary/aromatic N) is 2. The number of anilines is 1. The fourth-order valence-corrected chi connectivity index (χ4v) is 1.25. The first-order valence-corrected chi connectivity index (χ1v) is 4.85. The second-order valence-electron chi connectivity index (χ2n) is 4.07. The van der Waals surface area contributed by atoms with E-state index in [-0.39, 0.29) is 17.1 Å². The summed E-state index contributed by atoms with van der Waals surface area (Å²) in [5, 5.41) is 11.6. The minimum atomic E-state index is -1.24. The maximum Gasteiger partial charge on any atom is 0.328 e. The molecule has 0 fully saturated rings. The van der Waals surface area contributed by atoms with Crippen LogP contribution < -0.4 is 10.9 Å². The van der Waals surface area contributed by atoms with Gasteiger partial charge in [0.2, 0.25) is 5.95 Å². The number of aliphatic carboxylic acids is 1. The highest BCUT2D eigenvalue weighted by Crippen LogP contribution is 2.11. The summed E-state index contributed by atoms with van der Waals surface area (Å²) in [5.74, 6) is -0.982. The van der Waals surface area contributed by atoms with Crippen molar-refractivity contribution in [3.05, 3.63) is 16.7 Å². The highest BCUT2D eigenvalue weighted by Gasteiger charge is 2.27. The quantitative estimate of drug-likeness (QED) is 0.592. The number of nitrogens with one attached hydrogen (secondary N) is 3. The van der Waals surface area contributed by atoms with Gasteiger partial charge in [0.1, 0.15) is 5.54 Å². The molecule has 17 heavy (non-hydrogen) atoms. The largest absolute Gasteiger partial charge is 0.480 e. The number of fused-ring (bicyclic) bond motifs is 1. The number of imidazole rings is 1. The predicted octanol–water partition coefficient (Wildman–Crippen LogP) is -0.0787. The lowest BCUT2D eigenvalue weighted by Crippen LogP contribution is -2.41. The van der Waals surface area contributed by atoms with Crippen LogP contribution >= 0.6 is 0 Å². The number of aromatic amines is 2. The maximum atomic E-state index is 11.6. The van der Waals surface area contributed by atoms with E-state index in [4.69, 9.17) is 5.11 Å². The Morgan fingerprint density at radius 2 is 2.24 bits per heavy atom. The van der Waals surface area contributed by atoms with Gasteiger partial charge in [0, 0.05) is 0 Å². The van der Waals surface area contributed by atoms with Gasteiger partial charge in [-0.15, -0.1) is 0 Å². The summed E-state index contributed by atoms with van der Waals surface area (Å²) in [6.45, 7) is 2.92. The molecule has 2 aromatic heterocycles. The van der Waals surface area contributed by atoms with Crippen LogP contribution in [0.15, 0.2) is 11.1 Å². The van der Waals surface area contributed by atoms with Crippen molar-refractivity contribution in [3.8, 4) is 0 Å². The molecule has 0 aliphatic heterocycles. The van der Waals surface area contributed by atoms with Crippen molar-refractivity contribution in [2.45, 2.75) is 19.4 Å². The number of carbonyl (C=O) groups is 1. The van der Waals surface area contributed by atoms with Crippen LogP contribution in [0.1, 0.15) is 13.8 Å². The van der Waals surface area contributed by atoms with Crippen molar-refractivity contribution >= 4 is 23.1 Å². The Labute approximate surface area is 95.1 Å². The smallest absolute Gasteiger partial charge is 0.328 e. The van der Waals surface area contributed by atoms with E-state index in [2.05, 4.69) is 25.3 Å². The zero-order valence-corrected chi connectivity index (χ0v) is 9.24. The fourth-order valence-electron chi connectivity index (χ4n) is 1.25. The molecule has 8 nitrogen and oxygen atoms in total. The Balaban J connectivity index is 2.43. The van der Waals surface area contributed by atoms with Gasteiger partial charge in [0.05, 0.1) is 6.33 Å². The molecule has 0 aliphatic carbocycles. The first kappa shape index (κ1) is 11.1. The standard InChI is InChI=1S/C9H11N5O3/c1-9(2,7(16)17)14-8-12-5-4(6(15)13-8)10-3-11-5/h3H,1-2H3,(H,16,17)(H3,10,11,12,13,14,15). The number of carboxylic acid groups (broad SMARTS) is 1. The van der Waals surface area contributed by atoms with Gasteiger partial charge >= 0.3 is 5.97 Å². The SMILES string of the molecule is CC(C)(Nc1nc2nc[nH]c2c(=O)[nH]1)C(=O)O. The Morgan fingerprint density at radius 3 is 2.88 bits per heavy atom. The summed E-state index contributed by atoms with van der Waals surface area (Å²) in [5.41, 5.74) is -1.16. The number of H-pyrrole nitrogens is 2. The summed E-state index contributed by atoms with van der Waals surface area (Å²) in [6, 6.07) is 0. The van der Waals surface area contributed by atoms with Crippen LogP contribution in [0.25, 0.3) is 11.2 Å². The van der Waals surface area contributed by atoms with Gasteiger partial charge < -0.3 is 15.4 Å². The summed E-state index contributed by atoms with van der Waals surface area (Å²) >= 11 is 0. The van der Waals surface area contributed by atoms with Gasteiger partial charge in [0.15, 0.2) is 11.2 Å². The number of hydrogen-bond acceptors (Lipinski definition) is 5. The van der Waals surface area contributed by atoms with Crippen LogP contribution in [-0.4, -0.2) is 36.6 Å². The predicted molar refractivity (Wildman–Crippen MR) is 59.8 cm³/mol. The maximum absolute atomic E-state index is 11.6.